The third-order valence-electron chi connectivity index (χ3n) is 3.72. The summed E-state index contributed by atoms with van der Waals surface area (Å²) in [6.07, 6.45) is 1.81. The van der Waals surface area contributed by atoms with Gasteiger partial charge in [-0.2, -0.15) is 0 Å². The van der Waals surface area contributed by atoms with Crippen LogP contribution in [0.25, 0.3) is 0 Å². The Morgan fingerprint density at radius 1 is 1.05 bits per heavy atom. The number of hydrogen-bond donors (Lipinski definition) is 2. The first-order valence-electron chi connectivity index (χ1n) is 7.42. The molecule has 0 unspecified atom stereocenters. The molecule has 0 spiro atoms. The maximum Gasteiger partial charge on any atom is 0.123 e. The molecule has 3 nitrogen and oxygen atoms in total. The molecule has 0 fully saturated rings. The van der Waals surface area contributed by atoms with E-state index in [2.05, 4.69) is 37.4 Å². The Kier molecular flexibility index (Phi) is 5.09. The number of aromatic hydroxyl groups is 1. The molecular formula is C18H23NO2. The second kappa shape index (κ2) is 7.02. The molecule has 0 amide bonds. The Morgan fingerprint density at radius 2 is 1.81 bits per heavy atom. The van der Waals surface area contributed by atoms with Gasteiger partial charge in [-0.05, 0) is 48.2 Å². The molecule has 2 N–H and O–H groups in total. The third kappa shape index (κ3) is 3.48. The van der Waals surface area contributed by atoms with Crippen molar-refractivity contribution < 1.29 is 9.84 Å². The highest BCUT2D eigenvalue weighted by atomic mass is 16.5. The van der Waals surface area contributed by atoms with Gasteiger partial charge in [0.2, 0.25) is 0 Å². The Labute approximate surface area is 126 Å². The van der Waals surface area contributed by atoms with Gasteiger partial charge in [-0.25, -0.2) is 0 Å². The molecule has 0 heterocycles. The molecule has 21 heavy (non-hydrogen) atoms. The van der Waals surface area contributed by atoms with Crippen molar-refractivity contribution in [2.75, 3.05) is 12.4 Å². The summed E-state index contributed by atoms with van der Waals surface area (Å²) >= 11 is 0. The van der Waals surface area contributed by atoms with Crippen LogP contribution in [-0.2, 0) is 19.4 Å². The molecule has 0 radical (unpaired) electrons. The summed E-state index contributed by atoms with van der Waals surface area (Å²) in [4.78, 5) is 0. The molecule has 0 aliphatic carbocycles. The molecule has 2 aromatic carbocycles. The number of ether oxygens (including phenoxy) is 1. The zero-order chi connectivity index (χ0) is 15.2. The first-order chi connectivity index (χ1) is 10.2. The zero-order valence-electron chi connectivity index (χ0n) is 12.9. The summed E-state index contributed by atoms with van der Waals surface area (Å²) in [5.41, 5.74) is 4.61. The highest BCUT2D eigenvalue weighted by Gasteiger charge is 2.09. The summed E-state index contributed by atoms with van der Waals surface area (Å²) in [5, 5.41) is 12.8. The number of hydrogen-bond acceptors (Lipinski definition) is 3. The van der Waals surface area contributed by atoms with Crippen LogP contribution < -0.4 is 10.1 Å². The summed E-state index contributed by atoms with van der Waals surface area (Å²) in [5.74, 6) is 1.12. The van der Waals surface area contributed by atoms with E-state index in [1.54, 1.807) is 12.1 Å². The van der Waals surface area contributed by atoms with Crippen molar-refractivity contribution in [1.82, 2.24) is 0 Å². The first kappa shape index (κ1) is 15.2. The Hall–Kier alpha value is -2.16. The predicted molar refractivity (Wildman–Crippen MR) is 87.2 cm³/mol. The van der Waals surface area contributed by atoms with Crippen LogP contribution in [0.2, 0.25) is 0 Å². The van der Waals surface area contributed by atoms with Crippen LogP contribution in [0.5, 0.6) is 11.5 Å². The SMILES string of the molecule is CCc1cc(O)ccc1OCc1c(CC)cccc1NC. The number of aryl methyl sites for hydroxylation is 2. The number of phenolic OH excluding ortho intramolecular Hbond substituents is 1. The monoisotopic (exact) mass is 285 g/mol. The standard InChI is InChI=1S/C18H23NO2/c1-4-13-7-6-8-17(19-3)16(13)12-21-18-10-9-15(20)11-14(18)5-2/h6-11,19-20H,4-5,12H2,1-3H3. The van der Waals surface area contributed by atoms with E-state index in [-0.39, 0.29) is 5.75 Å². The van der Waals surface area contributed by atoms with Gasteiger partial charge in [0, 0.05) is 18.3 Å². The van der Waals surface area contributed by atoms with Gasteiger partial charge in [-0.1, -0.05) is 26.0 Å². The molecule has 0 saturated heterocycles. The van der Waals surface area contributed by atoms with Gasteiger partial charge in [0.05, 0.1) is 0 Å². The molecule has 0 aliphatic rings. The highest BCUT2D eigenvalue weighted by Crippen LogP contribution is 2.27. The Balaban J connectivity index is 2.24. The maximum absolute atomic E-state index is 9.55. The molecule has 0 aliphatic heterocycles. The van der Waals surface area contributed by atoms with Gasteiger partial charge in [0.25, 0.3) is 0 Å². The number of nitrogens with one attached hydrogen (secondary N) is 1. The van der Waals surface area contributed by atoms with E-state index in [4.69, 9.17) is 4.74 Å². The lowest BCUT2D eigenvalue weighted by Gasteiger charge is -2.16. The van der Waals surface area contributed by atoms with E-state index in [0.29, 0.717) is 6.61 Å². The summed E-state index contributed by atoms with van der Waals surface area (Å²) < 4.78 is 6.00. The maximum atomic E-state index is 9.55. The van der Waals surface area contributed by atoms with Crippen LogP contribution in [0.15, 0.2) is 36.4 Å². The molecule has 2 aromatic rings. The topological polar surface area (TPSA) is 41.5 Å². The van der Waals surface area contributed by atoms with Crippen LogP contribution in [0, 0.1) is 0 Å². The van der Waals surface area contributed by atoms with Crippen molar-refractivity contribution in [2.24, 2.45) is 0 Å². The van der Waals surface area contributed by atoms with E-state index in [1.807, 2.05) is 13.1 Å². The van der Waals surface area contributed by atoms with E-state index in [9.17, 15) is 5.11 Å². The lowest BCUT2D eigenvalue weighted by molar-refractivity contribution is 0.302. The number of rotatable bonds is 6. The lowest BCUT2D eigenvalue weighted by atomic mass is 10.0. The molecule has 0 saturated carbocycles. The minimum absolute atomic E-state index is 0.282. The van der Waals surface area contributed by atoms with Crippen molar-refractivity contribution in [3.05, 3.63) is 53.1 Å². The third-order valence-corrected chi connectivity index (χ3v) is 3.72. The largest absolute Gasteiger partial charge is 0.508 e. The number of phenols is 1. The van der Waals surface area contributed by atoms with Gasteiger partial charge in [-0.3, -0.25) is 0 Å². The highest BCUT2D eigenvalue weighted by molar-refractivity contribution is 5.54. The first-order valence-corrected chi connectivity index (χ1v) is 7.42. The molecule has 0 bridgehead atoms. The molecule has 112 valence electrons. The summed E-state index contributed by atoms with van der Waals surface area (Å²) in [7, 11) is 1.93. The van der Waals surface area contributed by atoms with E-state index in [0.717, 1.165) is 29.8 Å². The fraction of sp³-hybridized carbons (Fsp3) is 0.333. The lowest BCUT2D eigenvalue weighted by Crippen LogP contribution is -2.05. The number of anilines is 1. The summed E-state index contributed by atoms with van der Waals surface area (Å²) in [6.45, 7) is 4.73. The van der Waals surface area contributed by atoms with Crippen LogP contribution in [0.3, 0.4) is 0 Å². The van der Waals surface area contributed by atoms with Crippen LogP contribution in [0.1, 0.15) is 30.5 Å². The average Bonchev–Trinajstić information content (AvgIpc) is 2.53. The van der Waals surface area contributed by atoms with Crippen molar-refractivity contribution in [3.63, 3.8) is 0 Å². The van der Waals surface area contributed by atoms with Gasteiger partial charge in [0.15, 0.2) is 0 Å². The van der Waals surface area contributed by atoms with E-state index >= 15 is 0 Å². The zero-order valence-corrected chi connectivity index (χ0v) is 12.9. The van der Waals surface area contributed by atoms with E-state index in [1.165, 1.54) is 11.1 Å². The molecule has 3 heteroatoms. The second-order valence-corrected chi connectivity index (χ2v) is 4.98. The minimum atomic E-state index is 0.282. The minimum Gasteiger partial charge on any atom is -0.508 e. The van der Waals surface area contributed by atoms with Crippen molar-refractivity contribution in [3.8, 4) is 11.5 Å². The average molecular weight is 285 g/mol. The normalized spacial score (nSPS) is 10.4. The van der Waals surface area contributed by atoms with Crippen molar-refractivity contribution in [2.45, 2.75) is 33.3 Å². The van der Waals surface area contributed by atoms with Crippen LogP contribution in [-0.4, -0.2) is 12.2 Å². The number of benzene rings is 2. The smallest absolute Gasteiger partial charge is 0.123 e. The fourth-order valence-electron chi connectivity index (χ4n) is 2.50. The molecular weight excluding hydrogens is 262 g/mol. The molecule has 0 atom stereocenters. The fourth-order valence-corrected chi connectivity index (χ4v) is 2.50. The van der Waals surface area contributed by atoms with Gasteiger partial charge < -0.3 is 15.2 Å². The van der Waals surface area contributed by atoms with Crippen LogP contribution in [0.4, 0.5) is 5.69 Å². The van der Waals surface area contributed by atoms with Gasteiger partial charge in [0.1, 0.15) is 18.1 Å². The van der Waals surface area contributed by atoms with Gasteiger partial charge >= 0.3 is 0 Å². The van der Waals surface area contributed by atoms with E-state index < -0.39 is 0 Å². The quantitative estimate of drug-likeness (QED) is 0.838. The molecule has 0 aromatic heterocycles. The molecule has 2 rings (SSSR count). The van der Waals surface area contributed by atoms with Crippen LogP contribution >= 0.6 is 0 Å². The second-order valence-electron chi connectivity index (χ2n) is 4.98. The predicted octanol–water partition coefficient (Wildman–Crippen LogP) is 4.14. The Bertz CT molecular complexity index is 586. The van der Waals surface area contributed by atoms with Crippen molar-refractivity contribution >= 4 is 5.69 Å². The van der Waals surface area contributed by atoms with Gasteiger partial charge in [-0.15, -0.1) is 0 Å². The Morgan fingerprint density at radius 3 is 2.48 bits per heavy atom. The summed E-state index contributed by atoms with van der Waals surface area (Å²) in [6, 6.07) is 11.5. The van der Waals surface area contributed by atoms with Crippen molar-refractivity contribution in [1.29, 1.82) is 0 Å².